The van der Waals surface area contributed by atoms with E-state index in [9.17, 15) is 19.6 Å². The Balaban J connectivity index is 1.47. The first-order chi connectivity index (χ1) is 19.1. The Labute approximate surface area is 234 Å². The number of rotatable bonds is 7. The number of methoxy groups -OCH3 is 1. The Hall–Kier alpha value is -4.32. The molecule has 208 valence electrons. The SMILES string of the molecule is COc1cccc2[nH]c(C(=O)N(C)[C@@H](CCC(C)C)C(=O)N3C[C@]4(C[C@H]3C#N)C(=O)N(C)c3ccccc34)cc12. The van der Waals surface area contributed by atoms with Crippen LogP contribution in [0.15, 0.2) is 48.5 Å². The molecule has 1 fully saturated rings. The largest absolute Gasteiger partial charge is 0.496 e. The highest BCUT2D eigenvalue weighted by Crippen LogP contribution is 2.48. The van der Waals surface area contributed by atoms with Crippen molar-refractivity contribution >= 4 is 34.3 Å². The highest BCUT2D eigenvalue weighted by atomic mass is 16.5. The molecule has 2 aromatic carbocycles. The van der Waals surface area contributed by atoms with Gasteiger partial charge in [0.1, 0.15) is 23.5 Å². The first-order valence-electron chi connectivity index (χ1n) is 13.6. The number of para-hydroxylation sites is 1. The predicted molar refractivity (Wildman–Crippen MR) is 152 cm³/mol. The van der Waals surface area contributed by atoms with E-state index in [4.69, 9.17) is 4.74 Å². The van der Waals surface area contributed by atoms with Gasteiger partial charge in [-0.1, -0.05) is 38.1 Å². The van der Waals surface area contributed by atoms with Crippen LogP contribution < -0.4 is 9.64 Å². The average Bonchev–Trinajstić information content (AvgIpc) is 3.63. The minimum atomic E-state index is -0.972. The summed E-state index contributed by atoms with van der Waals surface area (Å²) < 4.78 is 5.44. The zero-order valence-corrected chi connectivity index (χ0v) is 23.6. The number of benzene rings is 2. The molecular formula is C31H35N5O4. The van der Waals surface area contributed by atoms with Crippen molar-refractivity contribution in [1.82, 2.24) is 14.8 Å². The van der Waals surface area contributed by atoms with Crippen LogP contribution in [0.4, 0.5) is 5.69 Å². The summed E-state index contributed by atoms with van der Waals surface area (Å²) in [6, 6.07) is 15.5. The summed E-state index contributed by atoms with van der Waals surface area (Å²) in [4.78, 5) is 49.3. The lowest BCUT2D eigenvalue weighted by molar-refractivity contribution is -0.136. The Morgan fingerprint density at radius 2 is 1.95 bits per heavy atom. The minimum absolute atomic E-state index is 0.105. The molecule has 0 aliphatic carbocycles. The van der Waals surface area contributed by atoms with Crippen molar-refractivity contribution in [2.45, 2.75) is 50.6 Å². The van der Waals surface area contributed by atoms with Crippen LogP contribution >= 0.6 is 0 Å². The zero-order valence-electron chi connectivity index (χ0n) is 23.6. The van der Waals surface area contributed by atoms with E-state index in [-0.39, 0.29) is 30.7 Å². The number of likely N-dealkylation sites (tertiary alicyclic amines) is 1. The summed E-state index contributed by atoms with van der Waals surface area (Å²) in [7, 11) is 4.94. The highest BCUT2D eigenvalue weighted by Gasteiger charge is 2.58. The van der Waals surface area contributed by atoms with Gasteiger partial charge in [0.25, 0.3) is 5.91 Å². The Kier molecular flexibility index (Phi) is 7.05. The smallest absolute Gasteiger partial charge is 0.270 e. The van der Waals surface area contributed by atoms with Crippen molar-refractivity contribution in [3.63, 3.8) is 0 Å². The first kappa shape index (κ1) is 27.3. The van der Waals surface area contributed by atoms with E-state index in [1.165, 1.54) is 9.80 Å². The van der Waals surface area contributed by atoms with E-state index in [1.807, 2.05) is 42.5 Å². The number of aromatic amines is 1. The third-order valence-electron chi connectivity index (χ3n) is 8.45. The number of H-pyrrole nitrogens is 1. The monoisotopic (exact) mass is 541 g/mol. The molecule has 0 unspecified atom stereocenters. The Morgan fingerprint density at radius 1 is 1.20 bits per heavy atom. The van der Waals surface area contributed by atoms with Crippen LogP contribution in [0.25, 0.3) is 10.9 Å². The fourth-order valence-electron chi connectivity index (χ4n) is 6.24. The second-order valence-corrected chi connectivity index (χ2v) is 11.3. The number of nitriles is 1. The van der Waals surface area contributed by atoms with Crippen LogP contribution in [-0.4, -0.2) is 72.3 Å². The molecule has 1 N–H and O–H groups in total. The van der Waals surface area contributed by atoms with E-state index in [2.05, 4.69) is 24.9 Å². The minimum Gasteiger partial charge on any atom is -0.496 e. The number of anilines is 1. The topological polar surface area (TPSA) is 110 Å². The van der Waals surface area contributed by atoms with Gasteiger partial charge in [0, 0.05) is 43.7 Å². The summed E-state index contributed by atoms with van der Waals surface area (Å²) >= 11 is 0. The lowest BCUT2D eigenvalue weighted by Crippen LogP contribution is -2.51. The van der Waals surface area contributed by atoms with E-state index >= 15 is 0 Å². The van der Waals surface area contributed by atoms with Crippen LogP contribution in [0.1, 0.15) is 49.2 Å². The van der Waals surface area contributed by atoms with E-state index < -0.39 is 17.5 Å². The van der Waals surface area contributed by atoms with Crippen molar-refractivity contribution in [3.8, 4) is 11.8 Å². The van der Waals surface area contributed by atoms with Crippen molar-refractivity contribution < 1.29 is 19.1 Å². The summed E-state index contributed by atoms with van der Waals surface area (Å²) in [6.07, 6.45) is 1.38. The molecule has 3 aromatic rings. The van der Waals surface area contributed by atoms with Crippen LogP contribution in [0.5, 0.6) is 5.75 Å². The number of nitrogens with zero attached hydrogens (tertiary/aromatic N) is 4. The van der Waals surface area contributed by atoms with Crippen molar-refractivity contribution in [1.29, 1.82) is 5.26 Å². The van der Waals surface area contributed by atoms with Gasteiger partial charge in [0.2, 0.25) is 11.8 Å². The molecule has 3 atom stereocenters. The molecule has 1 spiro atoms. The molecule has 2 aliphatic heterocycles. The number of hydrogen-bond donors (Lipinski definition) is 1. The number of ether oxygens (including phenoxy) is 1. The van der Waals surface area contributed by atoms with Crippen LogP contribution in [0, 0.1) is 17.2 Å². The third-order valence-corrected chi connectivity index (χ3v) is 8.45. The number of hydrogen-bond acceptors (Lipinski definition) is 5. The quantitative estimate of drug-likeness (QED) is 0.485. The highest BCUT2D eigenvalue weighted by molar-refractivity contribution is 6.09. The number of likely N-dealkylation sites (N-methyl/N-ethyl adjacent to an activating group) is 2. The molecule has 40 heavy (non-hydrogen) atoms. The maximum atomic E-state index is 14.2. The molecule has 3 heterocycles. The average molecular weight is 542 g/mol. The number of aromatic nitrogens is 1. The van der Waals surface area contributed by atoms with Crippen molar-refractivity contribution in [2.75, 3.05) is 32.6 Å². The molecule has 0 saturated carbocycles. The van der Waals surface area contributed by atoms with Crippen molar-refractivity contribution in [2.24, 2.45) is 5.92 Å². The molecule has 1 aromatic heterocycles. The van der Waals surface area contributed by atoms with E-state index in [0.717, 1.165) is 28.6 Å². The predicted octanol–water partition coefficient (Wildman–Crippen LogP) is 4.09. The maximum Gasteiger partial charge on any atom is 0.270 e. The normalized spacial score (nSPS) is 20.7. The molecular weight excluding hydrogens is 506 g/mol. The lowest BCUT2D eigenvalue weighted by Gasteiger charge is -2.32. The second kappa shape index (κ2) is 10.3. The molecule has 2 aliphatic rings. The van der Waals surface area contributed by atoms with Gasteiger partial charge < -0.3 is 24.4 Å². The van der Waals surface area contributed by atoms with Gasteiger partial charge in [-0.05, 0) is 48.6 Å². The standard InChI is InChI=1S/C31H35N5O4/c1-19(2)13-14-26(34(3)28(37)24-15-21-23(33-24)10-8-12-27(21)40-5)29(38)36-18-31(16-20(36)17-32)22-9-6-7-11-25(22)35(4)30(31)39/h6-12,15,19-20,26,33H,13-14,16,18H2,1-5H3/t20-,26-,31-/m0/s1. The maximum absolute atomic E-state index is 14.2. The van der Waals surface area contributed by atoms with Crippen LogP contribution in [0.3, 0.4) is 0 Å². The molecule has 0 bridgehead atoms. The molecule has 0 radical (unpaired) electrons. The molecule has 3 amide bonds. The van der Waals surface area contributed by atoms with Gasteiger partial charge in [-0.2, -0.15) is 5.26 Å². The number of amides is 3. The van der Waals surface area contributed by atoms with Gasteiger partial charge in [-0.15, -0.1) is 0 Å². The molecule has 9 heteroatoms. The van der Waals surface area contributed by atoms with Gasteiger partial charge in [0.15, 0.2) is 0 Å². The molecule has 5 rings (SSSR count). The number of carbonyl (C=O) groups is 3. The fraction of sp³-hybridized carbons (Fsp3) is 0.419. The lowest BCUT2D eigenvalue weighted by atomic mass is 9.79. The summed E-state index contributed by atoms with van der Waals surface area (Å²) in [5, 5.41) is 10.9. The Bertz CT molecular complexity index is 1520. The van der Waals surface area contributed by atoms with E-state index in [0.29, 0.717) is 23.8 Å². The van der Waals surface area contributed by atoms with Crippen LogP contribution in [-0.2, 0) is 15.0 Å². The summed E-state index contributed by atoms with van der Waals surface area (Å²) in [5.74, 6) is 0.205. The number of fused-ring (bicyclic) bond motifs is 3. The molecule has 1 saturated heterocycles. The second-order valence-electron chi connectivity index (χ2n) is 11.3. The Morgan fingerprint density at radius 3 is 2.65 bits per heavy atom. The first-order valence-corrected chi connectivity index (χ1v) is 13.6. The summed E-state index contributed by atoms with van der Waals surface area (Å²) in [6.45, 7) is 4.24. The van der Waals surface area contributed by atoms with Gasteiger partial charge in [0.05, 0.1) is 18.6 Å². The fourth-order valence-corrected chi connectivity index (χ4v) is 6.24. The number of carbonyl (C=O) groups excluding carboxylic acids is 3. The van der Waals surface area contributed by atoms with Gasteiger partial charge >= 0.3 is 0 Å². The number of nitrogens with one attached hydrogen (secondary N) is 1. The van der Waals surface area contributed by atoms with E-state index in [1.54, 1.807) is 32.2 Å². The van der Waals surface area contributed by atoms with Crippen LogP contribution in [0.2, 0.25) is 0 Å². The summed E-state index contributed by atoms with van der Waals surface area (Å²) in [5.41, 5.74) is 1.78. The van der Waals surface area contributed by atoms with Gasteiger partial charge in [-0.25, -0.2) is 0 Å². The molecule has 9 nitrogen and oxygen atoms in total. The van der Waals surface area contributed by atoms with Gasteiger partial charge in [-0.3, -0.25) is 14.4 Å². The zero-order chi connectivity index (χ0) is 28.8. The third kappa shape index (κ3) is 4.28. The van der Waals surface area contributed by atoms with Crippen molar-refractivity contribution in [3.05, 3.63) is 59.8 Å².